The molecule has 1 aromatic rings. The number of anilines is 1. The summed E-state index contributed by atoms with van der Waals surface area (Å²) in [6, 6.07) is 6.75. The number of hydrogen-bond donors (Lipinski definition) is 1. The van der Waals surface area contributed by atoms with E-state index in [4.69, 9.17) is 0 Å². The highest BCUT2D eigenvalue weighted by atomic mass is 16.3. The maximum absolute atomic E-state index is 12.4. The van der Waals surface area contributed by atoms with E-state index in [-0.39, 0.29) is 17.1 Å². The summed E-state index contributed by atoms with van der Waals surface area (Å²) >= 11 is 0. The lowest BCUT2D eigenvalue weighted by atomic mass is 9.87. The molecule has 3 heteroatoms. The summed E-state index contributed by atoms with van der Waals surface area (Å²) in [6.45, 7) is 2.05. The third-order valence-electron chi connectivity index (χ3n) is 3.77. The Bertz CT molecular complexity index is 405. The van der Waals surface area contributed by atoms with E-state index in [9.17, 15) is 9.90 Å². The number of benzene rings is 1. The fourth-order valence-electron chi connectivity index (χ4n) is 2.57. The Morgan fingerprint density at radius 2 is 1.76 bits per heavy atom. The normalized spacial score (nSPS) is 18.0. The summed E-state index contributed by atoms with van der Waals surface area (Å²) in [5.74, 6) is 0.405. The molecule has 0 aromatic heterocycles. The molecular formula is C14H19NO2. The molecule has 0 unspecified atom stereocenters. The van der Waals surface area contributed by atoms with Crippen LogP contribution in [-0.4, -0.2) is 18.1 Å². The summed E-state index contributed by atoms with van der Waals surface area (Å²) < 4.78 is 0. The molecule has 0 atom stereocenters. The average Bonchev–Trinajstić information content (AvgIpc) is 2.76. The molecule has 17 heavy (non-hydrogen) atoms. The largest absolute Gasteiger partial charge is 0.508 e. The third kappa shape index (κ3) is 2.28. The Hall–Kier alpha value is -1.51. The van der Waals surface area contributed by atoms with Gasteiger partial charge in [-0.25, -0.2) is 0 Å². The lowest BCUT2D eigenvalue weighted by molar-refractivity contribution is -0.126. The van der Waals surface area contributed by atoms with Crippen LogP contribution >= 0.6 is 0 Å². The van der Waals surface area contributed by atoms with Crippen molar-refractivity contribution in [3.05, 3.63) is 24.3 Å². The lowest BCUT2D eigenvalue weighted by Crippen LogP contribution is -2.38. The van der Waals surface area contributed by atoms with Gasteiger partial charge >= 0.3 is 0 Å². The Morgan fingerprint density at radius 1 is 1.24 bits per heavy atom. The molecule has 0 aliphatic heterocycles. The van der Waals surface area contributed by atoms with Gasteiger partial charge in [0.25, 0.3) is 0 Å². The van der Waals surface area contributed by atoms with Crippen molar-refractivity contribution in [3.8, 4) is 5.75 Å². The highest BCUT2D eigenvalue weighted by molar-refractivity contribution is 5.97. The Labute approximate surface area is 102 Å². The van der Waals surface area contributed by atoms with Crippen molar-refractivity contribution >= 4 is 11.6 Å². The molecule has 1 N–H and O–H groups in total. The predicted octanol–water partition coefficient (Wildman–Crippen LogP) is 2.94. The van der Waals surface area contributed by atoms with E-state index >= 15 is 0 Å². The van der Waals surface area contributed by atoms with E-state index < -0.39 is 0 Å². The quantitative estimate of drug-likeness (QED) is 0.853. The number of phenols is 1. The second-order valence-corrected chi connectivity index (χ2v) is 5.15. The van der Waals surface area contributed by atoms with Crippen LogP contribution in [0.15, 0.2) is 24.3 Å². The summed E-state index contributed by atoms with van der Waals surface area (Å²) in [7, 11) is 1.80. The van der Waals surface area contributed by atoms with Crippen LogP contribution in [0.1, 0.15) is 32.6 Å². The minimum Gasteiger partial charge on any atom is -0.508 e. The van der Waals surface area contributed by atoms with E-state index in [1.165, 1.54) is 0 Å². The van der Waals surface area contributed by atoms with Gasteiger partial charge in [0.2, 0.25) is 5.91 Å². The SMILES string of the molecule is CN(C(=O)C1(C)CCCC1)c1ccc(O)cc1. The van der Waals surface area contributed by atoms with Crippen LogP contribution in [0.25, 0.3) is 0 Å². The van der Waals surface area contributed by atoms with E-state index in [0.29, 0.717) is 0 Å². The third-order valence-corrected chi connectivity index (χ3v) is 3.77. The van der Waals surface area contributed by atoms with Crippen molar-refractivity contribution in [1.82, 2.24) is 0 Å². The van der Waals surface area contributed by atoms with Crippen molar-refractivity contribution in [2.75, 3.05) is 11.9 Å². The monoisotopic (exact) mass is 233 g/mol. The molecule has 1 aliphatic rings. The number of phenolic OH excluding ortho intramolecular Hbond substituents is 1. The minimum absolute atomic E-state index is 0.181. The standard InChI is InChI=1S/C14H19NO2/c1-14(9-3-4-10-14)13(17)15(2)11-5-7-12(16)8-6-11/h5-8,16H,3-4,9-10H2,1-2H3. The van der Waals surface area contributed by atoms with Crippen LogP contribution < -0.4 is 4.90 Å². The zero-order valence-corrected chi connectivity index (χ0v) is 10.4. The first-order valence-corrected chi connectivity index (χ1v) is 6.10. The molecule has 0 spiro atoms. The van der Waals surface area contributed by atoms with Crippen molar-refractivity contribution < 1.29 is 9.90 Å². The van der Waals surface area contributed by atoms with Crippen molar-refractivity contribution in [1.29, 1.82) is 0 Å². The maximum atomic E-state index is 12.4. The fourth-order valence-corrected chi connectivity index (χ4v) is 2.57. The Balaban J connectivity index is 2.17. The zero-order chi connectivity index (χ0) is 12.5. The summed E-state index contributed by atoms with van der Waals surface area (Å²) in [6.07, 6.45) is 4.25. The molecule has 1 saturated carbocycles. The average molecular weight is 233 g/mol. The highest BCUT2D eigenvalue weighted by Gasteiger charge is 2.38. The van der Waals surface area contributed by atoms with Gasteiger partial charge in [0.1, 0.15) is 5.75 Å². The van der Waals surface area contributed by atoms with Crippen molar-refractivity contribution in [2.24, 2.45) is 5.41 Å². The number of carbonyl (C=O) groups excluding carboxylic acids is 1. The van der Waals surface area contributed by atoms with Gasteiger partial charge in [-0.3, -0.25) is 4.79 Å². The first-order chi connectivity index (χ1) is 8.03. The van der Waals surface area contributed by atoms with Crippen LogP contribution in [0.4, 0.5) is 5.69 Å². The van der Waals surface area contributed by atoms with Crippen molar-refractivity contribution in [3.63, 3.8) is 0 Å². The maximum Gasteiger partial charge on any atom is 0.232 e. The molecule has 1 fully saturated rings. The molecule has 1 aromatic carbocycles. The number of nitrogens with zero attached hydrogens (tertiary/aromatic N) is 1. The molecule has 2 rings (SSSR count). The summed E-state index contributed by atoms with van der Waals surface area (Å²) in [4.78, 5) is 14.1. The van der Waals surface area contributed by atoms with E-state index in [1.807, 2.05) is 0 Å². The van der Waals surface area contributed by atoms with Crippen LogP contribution in [-0.2, 0) is 4.79 Å². The number of carbonyl (C=O) groups is 1. The van der Waals surface area contributed by atoms with Crippen LogP contribution in [0, 0.1) is 5.41 Å². The van der Waals surface area contributed by atoms with Crippen LogP contribution in [0.5, 0.6) is 5.75 Å². The Kier molecular flexibility index (Phi) is 3.09. The second-order valence-electron chi connectivity index (χ2n) is 5.15. The molecular weight excluding hydrogens is 214 g/mol. The van der Waals surface area contributed by atoms with Gasteiger partial charge in [-0.2, -0.15) is 0 Å². The molecule has 1 aliphatic carbocycles. The van der Waals surface area contributed by atoms with Gasteiger partial charge in [-0.1, -0.05) is 19.8 Å². The number of aromatic hydroxyl groups is 1. The first kappa shape index (κ1) is 12.0. The van der Waals surface area contributed by atoms with Crippen LogP contribution in [0.3, 0.4) is 0 Å². The smallest absolute Gasteiger partial charge is 0.232 e. The molecule has 92 valence electrons. The molecule has 0 bridgehead atoms. The molecule has 0 saturated heterocycles. The van der Waals surface area contributed by atoms with Gasteiger partial charge < -0.3 is 10.0 Å². The van der Waals surface area contributed by atoms with Gasteiger partial charge in [0.05, 0.1) is 0 Å². The van der Waals surface area contributed by atoms with E-state index in [0.717, 1.165) is 31.4 Å². The molecule has 0 heterocycles. The molecule has 1 amide bonds. The number of hydrogen-bond acceptors (Lipinski definition) is 2. The fraction of sp³-hybridized carbons (Fsp3) is 0.500. The first-order valence-electron chi connectivity index (χ1n) is 6.10. The van der Waals surface area contributed by atoms with Crippen LogP contribution in [0.2, 0.25) is 0 Å². The van der Waals surface area contributed by atoms with Gasteiger partial charge in [0.15, 0.2) is 0 Å². The number of rotatable bonds is 2. The lowest BCUT2D eigenvalue weighted by Gasteiger charge is -2.28. The van der Waals surface area contributed by atoms with Gasteiger partial charge in [-0.15, -0.1) is 0 Å². The van der Waals surface area contributed by atoms with Gasteiger partial charge in [-0.05, 0) is 37.1 Å². The predicted molar refractivity (Wildman–Crippen MR) is 68.1 cm³/mol. The minimum atomic E-state index is -0.202. The summed E-state index contributed by atoms with van der Waals surface area (Å²) in [5, 5.41) is 9.24. The van der Waals surface area contributed by atoms with E-state index in [1.54, 1.807) is 36.2 Å². The summed E-state index contributed by atoms with van der Waals surface area (Å²) in [5.41, 5.74) is 0.632. The number of amides is 1. The van der Waals surface area contributed by atoms with Gasteiger partial charge in [0, 0.05) is 18.2 Å². The zero-order valence-electron chi connectivity index (χ0n) is 10.4. The Morgan fingerprint density at radius 3 is 2.29 bits per heavy atom. The molecule has 3 nitrogen and oxygen atoms in total. The van der Waals surface area contributed by atoms with Crippen molar-refractivity contribution in [2.45, 2.75) is 32.6 Å². The second kappa shape index (κ2) is 4.40. The topological polar surface area (TPSA) is 40.5 Å². The van der Waals surface area contributed by atoms with E-state index in [2.05, 4.69) is 6.92 Å². The highest BCUT2D eigenvalue weighted by Crippen LogP contribution is 2.39. The molecule has 0 radical (unpaired) electrons.